The smallest absolute Gasteiger partial charge is 0.155 e. The van der Waals surface area contributed by atoms with Gasteiger partial charge in [0, 0.05) is 19.8 Å². The van der Waals surface area contributed by atoms with Crippen molar-refractivity contribution in [2.75, 3.05) is 11.4 Å². The number of rotatable bonds is 2. The van der Waals surface area contributed by atoms with Crippen LogP contribution in [0.15, 0.2) is 23.1 Å². The van der Waals surface area contributed by atoms with Crippen molar-refractivity contribution in [3.8, 4) is 0 Å². The summed E-state index contributed by atoms with van der Waals surface area (Å²) >= 11 is 9.48. The second kappa shape index (κ2) is 5.09. The molecule has 0 aliphatic carbocycles. The Kier molecular flexibility index (Phi) is 3.45. The Balaban J connectivity index is 1.97. The molecule has 7 heteroatoms. The molecule has 0 aromatic carbocycles. The molecule has 1 aliphatic heterocycles. The van der Waals surface area contributed by atoms with E-state index in [1.807, 2.05) is 17.7 Å². The highest BCUT2D eigenvalue weighted by Crippen LogP contribution is 2.37. The minimum Gasteiger partial charge on any atom is -0.345 e. The van der Waals surface area contributed by atoms with Crippen molar-refractivity contribution in [2.24, 2.45) is 7.05 Å². The zero-order valence-electron chi connectivity index (χ0n) is 10.4. The van der Waals surface area contributed by atoms with Crippen molar-refractivity contribution in [2.45, 2.75) is 18.9 Å². The maximum Gasteiger partial charge on any atom is 0.155 e. The van der Waals surface area contributed by atoms with Gasteiger partial charge in [0.05, 0.1) is 15.5 Å². The molecule has 5 nitrogen and oxygen atoms in total. The fraction of sp³-hybridized carbons (Fsp3) is 0.417. The van der Waals surface area contributed by atoms with E-state index in [4.69, 9.17) is 11.6 Å². The predicted octanol–water partition coefficient (Wildman–Crippen LogP) is 2.97. The maximum atomic E-state index is 5.95. The van der Waals surface area contributed by atoms with Crippen LogP contribution in [0.3, 0.4) is 0 Å². The summed E-state index contributed by atoms with van der Waals surface area (Å²) in [4.78, 5) is 6.69. The average Bonchev–Trinajstić information content (AvgIpc) is 2.97. The zero-order valence-corrected chi connectivity index (χ0v) is 12.8. The maximum absolute atomic E-state index is 5.95. The van der Waals surface area contributed by atoms with Gasteiger partial charge < -0.3 is 9.47 Å². The minimum atomic E-state index is 0.220. The van der Waals surface area contributed by atoms with Gasteiger partial charge in [0.2, 0.25) is 0 Å². The lowest BCUT2D eigenvalue weighted by molar-refractivity contribution is 0.624. The first-order chi connectivity index (χ1) is 9.16. The second-order valence-electron chi connectivity index (χ2n) is 4.61. The molecule has 1 aliphatic rings. The van der Waals surface area contributed by atoms with E-state index in [1.54, 1.807) is 12.5 Å². The molecule has 0 saturated carbocycles. The second-order valence-corrected chi connectivity index (χ2v) is 5.90. The van der Waals surface area contributed by atoms with E-state index in [1.165, 1.54) is 0 Å². The molecule has 1 unspecified atom stereocenters. The molecule has 1 atom stereocenters. The molecule has 0 N–H and O–H groups in total. The Bertz CT molecular complexity index is 600. The van der Waals surface area contributed by atoms with Crippen LogP contribution in [-0.4, -0.2) is 26.3 Å². The van der Waals surface area contributed by atoms with Gasteiger partial charge in [-0.05, 0) is 34.8 Å². The van der Waals surface area contributed by atoms with E-state index >= 15 is 0 Å². The number of hydrogen-bond donors (Lipinski definition) is 0. The molecule has 19 heavy (non-hydrogen) atoms. The third-order valence-electron chi connectivity index (χ3n) is 3.36. The molecule has 100 valence electrons. The van der Waals surface area contributed by atoms with E-state index in [-0.39, 0.29) is 6.04 Å². The van der Waals surface area contributed by atoms with Crippen LogP contribution in [0.5, 0.6) is 0 Å². The fourth-order valence-electron chi connectivity index (χ4n) is 2.50. The van der Waals surface area contributed by atoms with Crippen LogP contribution in [0.4, 0.5) is 5.82 Å². The Morgan fingerprint density at radius 2 is 2.32 bits per heavy atom. The number of aryl methyl sites for hydroxylation is 1. The minimum absolute atomic E-state index is 0.220. The van der Waals surface area contributed by atoms with Gasteiger partial charge in [-0.1, -0.05) is 11.6 Å². The lowest BCUT2D eigenvalue weighted by atomic mass is 10.2. The van der Waals surface area contributed by atoms with Gasteiger partial charge in [0.15, 0.2) is 5.82 Å². The molecular weight excluding hydrogens is 330 g/mol. The summed E-state index contributed by atoms with van der Waals surface area (Å²) in [6.07, 6.45) is 5.58. The third-order valence-corrected chi connectivity index (χ3v) is 4.15. The monoisotopic (exact) mass is 341 g/mol. The summed E-state index contributed by atoms with van der Waals surface area (Å²) in [6.45, 7) is 0.963. The Labute approximate surface area is 124 Å². The molecule has 1 saturated heterocycles. The summed E-state index contributed by atoms with van der Waals surface area (Å²) in [5, 5.41) is 8.82. The predicted molar refractivity (Wildman–Crippen MR) is 77.3 cm³/mol. The van der Waals surface area contributed by atoms with Gasteiger partial charge in [-0.25, -0.2) is 4.98 Å². The number of aromatic nitrogens is 4. The van der Waals surface area contributed by atoms with Crippen LogP contribution < -0.4 is 4.90 Å². The van der Waals surface area contributed by atoms with E-state index in [0.717, 1.165) is 35.5 Å². The summed E-state index contributed by atoms with van der Waals surface area (Å²) in [7, 11) is 1.97. The van der Waals surface area contributed by atoms with Crippen LogP contribution >= 0.6 is 27.5 Å². The van der Waals surface area contributed by atoms with Gasteiger partial charge in [-0.15, -0.1) is 10.2 Å². The van der Waals surface area contributed by atoms with Crippen LogP contribution in [0.2, 0.25) is 5.02 Å². The summed E-state index contributed by atoms with van der Waals surface area (Å²) in [5.41, 5.74) is 0. The molecule has 0 radical (unpaired) electrons. The van der Waals surface area contributed by atoms with Crippen molar-refractivity contribution < 1.29 is 0 Å². The first kappa shape index (κ1) is 12.9. The lowest BCUT2D eigenvalue weighted by Gasteiger charge is -2.25. The Morgan fingerprint density at radius 1 is 1.47 bits per heavy atom. The highest BCUT2D eigenvalue weighted by Gasteiger charge is 2.31. The molecular formula is C12H13BrClN5. The van der Waals surface area contributed by atoms with E-state index in [9.17, 15) is 0 Å². The first-order valence-electron chi connectivity index (χ1n) is 6.08. The highest BCUT2D eigenvalue weighted by molar-refractivity contribution is 9.10. The van der Waals surface area contributed by atoms with E-state index < -0.39 is 0 Å². The number of nitrogens with zero attached hydrogens (tertiary/aromatic N) is 5. The van der Waals surface area contributed by atoms with Crippen molar-refractivity contribution in [1.29, 1.82) is 0 Å². The lowest BCUT2D eigenvalue weighted by Crippen LogP contribution is -2.26. The number of halogens is 2. The molecule has 1 fully saturated rings. The molecule has 0 bridgehead atoms. The van der Waals surface area contributed by atoms with Crippen LogP contribution in [0, 0.1) is 0 Å². The Hall–Kier alpha value is -1.14. The van der Waals surface area contributed by atoms with Crippen molar-refractivity contribution >= 4 is 33.3 Å². The van der Waals surface area contributed by atoms with Crippen LogP contribution in [0.25, 0.3) is 0 Å². The van der Waals surface area contributed by atoms with Crippen LogP contribution in [0.1, 0.15) is 24.7 Å². The number of hydrogen-bond acceptors (Lipinski definition) is 4. The normalized spacial score (nSPS) is 19.1. The summed E-state index contributed by atoms with van der Waals surface area (Å²) < 4.78 is 2.88. The van der Waals surface area contributed by atoms with Gasteiger partial charge in [-0.2, -0.15) is 0 Å². The largest absolute Gasteiger partial charge is 0.345 e. The van der Waals surface area contributed by atoms with E-state index in [0.29, 0.717) is 5.02 Å². The summed E-state index contributed by atoms with van der Waals surface area (Å²) in [6, 6.07) is 2.09. The fourth-order valence-corrected chi connectivity index (χ4v) is 3.37. The van der Waals surface area contributed by atoms with Crippen molar-refractivity contribution in [3.63, 3.8) is 0 Å². The Morgan fingerprint density at radius 3 is 3.00 bits per heavy atom. The number of pyridine rings is 1. The quantitative estimate of drug-likeness (QED) is 0.842. The molecule has 0 amide bonds. The number of anilines is 1. The van der Waals surface area contributed by atoms with Gasteiger partial charge >= 0.3 is 0 Å². The van der Waals surface area contributed by atoms with Crippen molar-refractivity contribution in [3.05, 3.63) is 33.9 Å². The highest BCUT2D eigenvalue weighted by atomic mass is 79.9. The first-order valence-corrected chi connectivity index (χ1v) is 7.25. The third kappa shape index (κ3) is 2.34. The standard InChI is InChI=1S/C12H13BrClN5/c1-18-7-16-17-12(18)10-3-2-4-19(10)11-9(13)5-8(14)6-15-11/h5-7,10H,2-4H2,1H3. The molecule has 2 aromatic rings. The average molecular weight is 343 g/mol. The van der Waals surface area contributed by atoms with Crippen LogP contribution in [-0.2, 0) is 7.05 Å². The molecule has 0 spiro atoms. The molecule has 3 rings (SSSR count). The topological polar surface area (TPSA) is 46.8 Å². The zero-order chi connectivity index (χ0) is 13.4. The molecule has 2 aromatic heterocycles. The molecule has 3 heterocycles. The van der Waals surface area contributed by atoms with Gasteiger partial charge in [-0.3, -0.25) is 0 Å². The van der Waals surface area contributed by atoms with Gasteiger partial charge in [0.25, 0.3) is 0 Å². The van der Waals surface area contributed by atoms with Crippen molar-refractivity contribution in [1.82, 2.24) is 19.7 Å². The van der Waals surface area contributed by atoms with E-state index in [2.05, 4.69) is 36.0 Å². The summed E-state index contributed by atoms with van der Waals surface area (Å²) in [5.74, 6) is 1.89. The van der Waals surface area contributed by atoms with Gasteiger partial charge in [0.1, 0.15) is 12.1 Å². The SMILES string of the molecule is Cn1cnnc1C1CCCN1c1ncc(Cl)cc1Br.